The van der Waals surface area contributed by atoms with Crippen LogP contribution in [0.1, 0.15) is 42.9 Å². The Bertz CT molecular complexity index is 590. The van der Waals surface area contributed by atoms with E-state index >= 15 is 0 Å². The van der Waals surface area contributed by atoms with Gasteiger partial charge in [-0.1, -0.05) is 12.1 Å². The van der Waals surface area contributed by atoms with Crippen molar-refractivity contribution in [3.63, 3.8) is 0 Å². The van der Waals surface area contributed by atoms with Crippen LogP contribution in [0, 0.1) is 0 Å². The zero-order chi connectivity index (χ0) is 14.1. The molecule has 1 aromatic carbocycles. The molecule has 0 radical (unpaired) electrons. The van der Waals surface area contributed by atoms with Crippen molar-refractivity contribution < 1.29 is 4.74 Å². The fourth-order valence-electron chi connectivity index (χ4n) is 2.35. The van der Waals surface area contributed by atoms with Crippen LogP contribution in [0.5, 0.6) is 5.75 Å². The van der Waals surface area contributed by atoms with Gasteiger partial charge in [-0.15, -0.1) is 0 Å². The lowest BCUT2D eigenvalue weighted by molar-refractivity contribution is 0.414. The Morgan fingerprint density at radius 3 is 2.65 bits per heavy atom. The lowest BCUT2D eigenvalue weighted by atomic mass is 10.1. The minimum absolute atomic E-state index is 0.221. The number of hydrogen-bond donors (Lipinski definition) is 2. The summed E-state index contributed by atoms with van der Waals surface area (Å²) in [4.78, 5) is 0. The van der Waals surface area contributed by atoms with E-state index in [0.717, 1.165) is 10.8 Å². The summed E-state index contributed by atoms with van der Waals surface area (Å²) in [5.74, 6) is 2.18. The summed E-state index contributed by atoms with van der Waals surface area (Å²) >= 11 is 1.46. The Hall–Kier alpha value is -1.75. The predicted octanol–water partition coefficient (Wildman–Crippen LogP) is 3.78. The van der Waals surface area contributed by atoms with Crippen molar-refractivity contribution in [1.82, 2.24) is 4.37 Å². The van der Waals surface area contributed by atoms with Crippen LogP contribution in [0.3, 0.4) is 0 Å². The number of methoxy groups -OCH3 is 1. The highest BCUT2D eigenvalue weighted by Crippen LogP contribution is 2.48. The second-order valence-corrected chi connectivity index (χ2v) is 6.00. The zero-order valence-corrected chi connectivity index (χ0v) is 12.5. The molecule has 1 aliphatic carbocycles. The molecule has 0 amide bonds. The number of aromatic nitrogens is 1. The van der Waals surface area contributed by atoms with E-state index in [-0.39, 0.29) is 6.04 Å². The van der Waals surface area contributed by atoms with Crippen molar-refractivity contribution >= 4 is 22.4 Å². The molecule has 3 N–H and O–H groups in total. The van der Waals surface area contributed by atoms with E-state index in [9.17, 15) is 0 Å². The topological polar surface area (TPSA) is 60.2 Å². The monoisotopic (exact) mass is 289 g/mol. The van der Waals surface area contributed by atoms with Gasteiger partial charge in [0.2, 0.25) is 0 Å². The first kappa shape index (κ1) is 13.2. The Morgan fingerprint density at radius 1 is 1.35 bits per heavy atom. The smallest absolute Gasteiger partial charge is 0.142 e. The number of hydrogen-bond acceptors (Lipinski definition) is 5. The molecule has 1 heterocycles. The third kappa shape index (κ3) is 2.58. The lowest BCUT2D eigenvalue weighted by Crippen LogP contribution is -2.07. The Kier molecular flexibility index (Phi) is 3.53. The van der Waals surface area contributed by atoms with Crippen LogP contribution in [0.15, 0.2) is 24.3 Å². The summed E-state index contributed by atoms with van der Waals surface area (Å²) in [5, 5.41) is 4.66. The number of benzene rings is 1. The van der Waals surface area contributed by atoms with Crippen molar-refractivity contribution in [3.05, 3.63) is 35.4 Å². The maximum atomic E-state index is 5.98. The number of nitrogens with two attached hydrogens (primary N) is 1. The molecule has 1 fully saturated rings. The second kappa shape index (κ2) is 5.32. The van der Waals surface area contributed by atoms with Crippen LogP contribution in [0.25, 0.3) is 0 Å². The van der Waals surface area contributed by atoms with E-state index in [1.54, 1.807) is 7.11 Å². The maximum Gasteiger partial charge on any atom is 0.142 e. The Morgan fingerprint density at radius 2 is 2.05 bits per heavy atom. The highest BCUT2D eigenvalue weighted by atomic mass is 32.1. The molecule has 0 saturated heterocycles. The molecule has 0 aliphatic heterocycles. The molecular formula is C15H19N3OS. The van der Waals surface area contributed by atoms with Gasteiger partial charge in [0.1, 0.15) is 16.6 Å². The number of nitrogen functional groups attached to an aromatic ring is 1. The average molecular weight is 289 g/mol. The summed E-state index contributed by atoms with van der Waals surface area (Å²) < 4.78 is 9.47. The largest absolute Gasteiger partial charge is 0.497 e. The minimum atomic E-state index is 0.221. The first-order valence-electron chi connectivity index (χ1n) is 6.84. The SMILES string of the molecule is COc1ccc(C(C)Nc2snc(N)c2C2CC2)cc1. The van der Waals surface area contributed by atoms with Crippen molar-refractivity contribution in [3.8, 4) is 5.75 Å². The number of rotatable bonds is 5. The van der Waals surface area contributed by atoms with E-state index in [1.807, 2.05) is 12.1 Å². The van der Waals surface area contributed by atoms with Crippen molar-refractivity contribution in [2.75, 3.05) is 18.2 Å². The third-order valence-electron chi connectivity index (χ3n) is 3.70. The fourth-order valence-corrected chi connectivity index (χ4v) is 3.24. The summed E-state index contributed by atoms with van der Waals surface area (Å²) in [6.07, 6.45) is 2.46. The molecule has 1 atom stereocenters. The highest BCUT2D eigenvalue weighted by Gasteiger charge is 2.30. The average Bonchev–Trinajstić information content (AvgIpc) is 3.24. The van der Waals surface area contributed by atoms with Crippen LogP contribution >= 0.6 is 11.5 Å². The third-order valence-corrected chi connectivity index (χ3v) is 4.51. The number of nitrogens with zero attached hydrogens (tertiary/aromatic N) is 1. The molecule has 4 nitrogen and oxygen atoms in total. The quantitative estimate of drug-likeness (QED) is 0.879. The van der Waals surface area contributed by atoms with Gasteiger partial charge in [0.05, 0.1) is 7.11 Å². The summed E-state index contributed by atoms with van der Waals surface area (Å²) in [5.41, 5.74) is 8.42. The van der Waals surface area contributed by atoms with Gasteiger partial charge in [0.25, 0.3) is 0 Å². The van der Waals surface area contributed by atoms with Gasteiger partial charge in [0.15, 0.2) is 0 Å². The van der Waals surface area contributed by atoms with Gasteiger partial charge >= 0.3 is 0 Å². The lowest BCUT2D eigenvalue weighted by Gasteiger charge is -2.15. The van der Waals surface area contributed by atoms with Gasteiger partial charge in [-0.25, -0.2) is 0 Å². The predicted molar refractivity (Wildman–Crippen MR) is 83.5 cm³/mol. The van der Waals surface area contributed by atoms with E-state index in [0.29, 0.717) is 11.7 Å². The van der Waals surface area contributed by atoms with E-state index < -0.39 is 0 Å². The van der Waals surface area contributed by atoms with Crippen LogP contribution in [-0.4, -0.2) is 11.5 Å². The first-order chi connectivity index (χ1) is 9.69. The number of anilines is 2. The summed E-state index contributed by atoms with van der Waals surface area (Å²) in [6, 6.07) is 8.35. The van der Waals surface area contributed by atoms with E-state index in [2.05, 4.69) is 28.7 Å². The number of nitrogens with one attached hydrogen (secondary N) is 1. The normalized spacial score (nSPS) is 15.9. The minimum Gasteiger partial charge on any atom is -0.497 e. The van der Waals surface area contributed by atoms with Crippen molar-refractivity contribution in [2.45, 2.75) is 31.7 Å². The van der Waals surface area contributed by atoms with Gasteiger partial charge in [-0.3, -0.25) is 0 Å². The Labute approximate surface area is 123 Å². The van der Waals surface area contributed by atoms with Gasteiger partial charge in [0, 0.05) is 11.6 Å². The molecule has 1 unspecified atom stereocenters. The molecule has 20 heavy (non-hydrogen) atoms. The van der Waals surface area contributed by atoms with E-state index in [4.69, 9.17) is 10.5 Å². The maximum absolute atomic E-state index is 5.98. The molecule has 0 spiro atoms. The van der Waals surface area contributed by atoms with Crippen LogP contribution in [-0.2, 0) is 0 Å². The second-order valence-electron chi connectivity index (χ2n) is 5.22. The molecule has 3 rings (SSSR count). The van der Waals surface area contributed by atoms with Crippen LogP contribution < -0.4 is 15.8 Å². The summed E-state index contributed by atoms with van der Waals surface area (Å²) in [6.45, 7) is 2.15. The number of ether oxygens (including phenoxy) is 1. The zero-order valence-electron chi connectivity index (χ0n) is 11.7. The van der Waals surface area contributed by atoms with Crippen molar-refractivity contribution in [2.24, 2.45) is 0 Å². The first-order valence-corrected chi connectivity index (χ1v) is 7.62. The molecule has 0 bridgehead atoms. The molecule has 106 valence electrons. The molecule has 2 aromatic rings. The fraction of sp³-hybridized carbons (Fsp3) is 0.400. The summed E-state index contributed by atoms with van der Waals surface area (Å²) in [7, 11) is 1.68. The van der Waals surface area contributed by atoms with Gasteiger partial charge in [-0.05, 0) is 54.9 Å². The van der Waals surface area contributed by atoms with Crippen LogP contribution in [0.4, 0.5) is 10.8 Å². The molecule has 1 aliphatic rings. The molecule has 5 heteroatoms. The standard InChI is InChI=1S/C15H19N3OS/c1-9(10-5-7-12(19-2)8-6-10)17-15-13(11-3-4-11)14(16)18-20-15/h5-9,11,17H,3-4H2,1-2H3,(H2,16,18). The molecule has 1 aromatic heterocycles. The van der Waals surface area contributed by atoms with Crippen molar-refractivity contribution in [1.29, 1.82) is 0 Å². The van der Waals surface area contributed by atoms with Crippen LogP contribution in [0.2, 0.25) is 0 Å². The van der Waals surface area contributed by atoms with Gasteiger partial charge in [-0.2, -0.15) is 4.37 Å². The highest BCUT2D eigenvalue weighted by molar-refractivity contribution is 7.10. The van der Waals surface area contributed by atoms with Gasteiger partial charge < -0.3 is 15.8 Å². The molecular weight excluding hydrogens is 270 g/mol. The van der Waals surface area contributed by atoms with E-state index in [1.165, 1.54) is 35.5 Å². The Balaban J connectivity index is 1.76. The molecule has 1 saturated carbocycles.